The van der Waals surface area contributed by atoms with Crippen LogP contribution in [-0.4, -0.2) is 16.2 Å². The molecule has 0 aliphatic carbocycles. The number of carbonyl (C=O) groups excluding carboxylic acids is 1. The summed E-state index contributed by atoms with van der Waals surface area (Å²) in [5.41, 5.74) is 1.72. The van der Waals surface area contributed by atoms with E-state index in [0.29, 0.717) is 17.2 Å². The minimum absolute atomic E-state index is 0.0326. The highest BCUT2D eigenvalue weighted by Gasteiger charge is 2.33. The second-order valence-corrected chi connectivity index (χ2v) is 5.51. The van der Waals surface area contributed by atoms with E-state index in [1.165, 1.54) is 16.7 Å². The third-order valence-corrected chi connectivity index (χ3v) is 3.96. The van der Waals surface area contributed by atoms with Crippen molar-refractivity contribution >= 4 is 28.6 Å². The van der Waals surface area contributed by atoms with Gasteiger partial charge in [-0.25, -0.2) is 4.98 Å². The predicted octanol–water partition coefficient (Wildman–Crippen LogP) is 3.64. The Balaban J connectivity index is 1.79. The van der Waals surface area contributed by atoms with Crippen LogP contribution >= 0.6 is 0 Å². The average molecular weight is 330 g/mol. The highest BCUT2D eigenvalue weighted by molar-refractivity contribution is 6.15. The number of nitrogens with one attached hydrogen (secondary N) is 1. The van der Waals surface area contributed by atoms with Gasteiger partial charge in [-0.3, -0.25) is 4.79 Å². The van der Waals surface area contributed by atoms with Crippen LogP contribution in [0.2, 0.25) is 0 Å². The van der Waals surface area contributed by atoms with Crippen LogP contribution in [0.5, 0.6) is 0 Å². The number of benzene rings is 2. The average Bonchev–Trinajstić information content (AvgIpc) is 2.93. The molecule has 0 atom stereocenters. The van der Waals surface area contributed by atoms with Gasteiger partial charge in [0.2, 0.25) is 0 Å². The second kappa shape index (κ2) is 5.02. The molecule has 120 valence electrons. The lowest BCUT2D eigenvalue weighted by atomic mass is 10.0. The summed E-state index contributed by atoms with van der Waals surface area (Å²) < 4.78 is 39.4. The minimum Gasteiger partial charge on any atom is -0.255 e. The smallest absolute Gasteiger partial charge is 0.255 e. The van der Waals surface area contributed by atoms with Crippen molar-refractivity contribution in [2.24, 2.45) is 4.99 Å². The molecule has 7 heteroatoms. The van der Waals surface area contributed by atoms with E-state index in [2.05, 4.69) is 9.98 Å². The molecule has 4 nitrogen and oxygen atoms in total. The summed E-state index contributed by atoms with van der Waals surface area (Å²) in [6, 6.07) is 12.0. The molecule has 0 spiro atoms. The first-order chi connectivity index (χ1) is 11.4. The van der Waals surface area contributed by atoms with Gasteiger partial charge in [-0.05, 0) is 24.3 Å². The van der Waals surface area contributed by atoms with Gasteiger partial charge in [0.05, 0.1) is 5.56 Å². The Morgan fingerprint density at radius 2 is 1.75 bits per heavy atom. The lowest BCUT2D eigenvalue weighted by Crippen LogP contribution is -2.22. The molecule has 1 N–H and O–H groups in total. The van der Waals surface area contributed by atoms with Crippen LogP contribution in [0.4, 0.5) is 19.1 Å². The molecule has 1 aliphatic heterocycles. The molecule has 0 saturated heterocycles. The van der Waals surface area contributed by atoms with Gasteiger partial charge < -0.3 is 0 Å². The molecule has 4 rings (SSSR count). The van der Waals surface area contributed by atoms with Gasteiger partial charge in [0.25, 0.3) is 5.91 Å². The summed E-state index contributed by atoms with van der Waals surface area (Å²) in [6.45, 7) is 0. The van der Waals surface area contributed by atoms with E-state index in [0.717, 1.165) is 23.2 Å². The van der Waals surface area contributed by atoms with Crippen molar-refractivity contribution in [2.45, 2.75) is 12.6 Å². The maximum atomic E-state index is 12.6. The van der Waals surface area contributed by atoms with E-state index >= 15 is 0 Å². The van der Waals surface area contributed by atoms with E-state index in [1.807, 2.05) is 24.3 Å². The van der Waals surface area contributed by atoms with Crippen LogP contribution in [0.3, 0.4) is 0 Å². The second-order valence-electron chi connectivity index (χ2n) is 5.51. The van der Waals surface area contributed by atoms with Crippen molar-refractivity contribution in [3.8, 4) is 0 Å². The number of rotatable bonds is 1. The molecular formula is C17H11F3N3O+. The third-order valence-electron chi connectivity index (χ3n) is 3.96. The minimum atomic E-state index is -4.39. The largest absolute Gasteiger partial charge is 0.416 e. The number of aromatic amines is 1. The summed E-state index contributed by atoms with van der Waals surface area (Å²) >= 11 is 0. The monoisotopic (exact) mass is 330 g/mol. The molecule has 2 aromatic carbocycles. The Kier molecular flexibility index (Phi) is 3.06. The molecule has 1 aliphatic rings. The first kappa shape index (κ1) is 14.6. The number of aliphatic imine (C=N–C) groups is 1. The molecule has 3 aromatic rings. The topological polar surface area (TPSA) is 48.5 Å². The molecule has 2 heterocycles. The van der Waals surface area contributed by atoms with Gasteiger partial charge in [0.15, 0.2) is 0 Å². The first-order valence-electron chi connectivity index (χ1n) is 7.24. The SMILES string of the molecule is O=C1CC(c2ccc(C(F)(F)F)cc2)=Nc2[nH+]c3ccccc3n21. The Labute approximate surface area is 134 Å². The quantitative estimate of drug-likeness (QED) is 0.672. The fourth-order valence-corrected chi connectivity index (χ4v) is 2.80. The van der Waals surface area contributed by atoms with Gasteiger partial charge in [-0.15, -0.1) is 0 Å². The van der Waals surface area contributed by atoms with E-state index in [4.69, 9.17) is 0 Å². The highest BCUT2D eigenvalue weighted by atomic mass is 19.4. The van der Waals surface area contributed by atoms with Crippen molar-refractivity contribution in [3.63, 3.8) is 0 Å². The molecule has 0 unspecified atom stereocenters. The van der Waals surface area contributed by atoms with Gasteiger partial charge in [0, 0.05) is 5.56 Å². The van der Waals surface area contributed by atoms with E-state index in [1.54, 1.807) is 0 Å². The number of hydrogen-bond donors (Lipinski definition) is 0. The van der Waals surface area contributed by atoms with Gasteiger partial charge in [-0.1, -0.05) is 29.3 Å². The van der Waals surface area contributed by atoms with Crippen LogP contribution in [0, 0.1) is 0 Å². The predicted molar refractivity (Wildman–Crippen MR) is 81.4 cm³/mol. The maximum absolute atomic E-state index is 12.6. The first-order valence-corrected chi connectivity index (χ1v) is 7.24. The number of hydrogen-bond acceptors (Lipinski definition) is 2. The Bertz CT molecular complexity index is 984. The number of alkyl halides is 3. The lowest BCUT2D eigenvalue weighted by molar-refractivity contribution is -0.329. The van der Waals surface area contributed by atoms with Crippen molar-refractivity contribution in [1.82, 2.24) is 4.57 Å². The Hall–Kier alpha value is -2.96. The van der Waals surface area contributed by atoms with Gasteiger partial charge >= 0.3 is 12.1 Å². The molecule has 0 saturated carbocycles. The zero-order valence-corrected chi connectivity index (χ0v) is 12.3. The van der Waals surface area contributed by atoms with E-state index in [9.17, 15) is 18.0 Å². The summed E-state index contributed by atoms with van der Waals surface area (Å²) in [5, 5.41) is 0. The number of imidazole rings is 1. The highest BCUT2D eigenvalue weighted by Crippen LogP contribution is 2.30. The van der Waals surface area contributed by atoms with Gasteiger partial charge in [0.1, 0.15) is 23.2 Å². The lowest BCUT2D eigenvalue weighted by Gasteiger charge is -2.09. The number of halogens is 3. The van der Waals surface area contributed by atoms with Crippen molar-refractivity contribution < 1.29 is 22.9 Å². The van der Waals surface area contributed by atoms with Crippen LogP contribution in [0.1, 0.15) is 22.3 Å². The number of para-hydroxylation sites is 2. The number of H-pyrrole nitrogens is 1. The summed E-state index contributed by atoms with van der Waals surface area (Å²) in [6.07, 6.45) is -4.35. The van der Waals surface area contributed by atoms with Crippen LogP contribution in [0.25, 0.3) is 11.0 Å². The fourth-order valence-electron chi connectivity index (χ4n) is 2.80. The molecule has 0 amide bonds. The van der Waals surface area contributed by atoms with Crippen LogP contribution in [0.15, 0.2) is 53.5 Å². The number of nitrogens with zero attached hydrogens (tertiary/aromatic N) is 2. The molecule has 0 fully saturated rings. The molecule has 24 heavy (non-hydrogen) atoms. The van der Waals surface area contributed by atoms with Crippen LogP contribution < -0.4 is 4.98 Å². The zero-order valence-electron chi connectivity index (χ0n) is 12.3. The van der Waals surface area contributed by atoms with Crippen molar-refractivity contribution in [2.75, 3.05) is 0 Å². The van der Waals surface area contributed by atoms with Crippen LogP contribution in [-0.2, 0) is 6.18 Å². The Morgan fingerprint density at radius 1 is 1.04 bits per heavy atom. The standard InChI is InChI=1S/C17H10F3N3O/c18-17(19,20)11-7-5-10(6-8-11)13-9-15(24)23-14-4-2-1-3-12(14)21-16(23)22-13/h1-8H,9H2/p+1. The third kappa shape index (κ3) is 2.29. The number of aromatic nitrogens is 2. The van der Waals surface area contributed by atoms with Crippen molar-refractivity contribution in [3.05, 3.63) is 59.7 Å². The van der Waals surface area contributed by atoms with E-state index < -0.39 is 11.7 Å². The molecule has 1 aromatic heterocycles. The number of fused-ring (bicyclic) bond motifs is 3. The molecular weight excluding hydrogens is 319 g/mol. The van der Waals surface area contributed by atoms with Crippen molar-refractivity contribution in [1.29, 1.82) is 0 Å². The zero-order chi connectivity index (χ0) is 16.9. The summed E-state index contributed by atoms with van der Waals surface area (Å²) in [7, 11) is 0. The molecule has 0 bridgehead atoms. The van der Waals surface area contributed by atoms with E-state index in [-0.39, 0.29) is 12.3 Å². The molecule has 0 radical (unpaired) electrons. The fraction of sp³-hybridized carbons (Fsp3) is 0.118. The summed E-state index contributed by atoms with van der Waals surface area (Å²) in [4.78, 5) is 19.9. The summed E-state index contributed by atoms with van der Waals surface area (Å²) in [5.74, 6) is 0.203. The van der Waals surface area contributed by atoms with Gasteiger partial charge in [-0.2, -0.15) is 17.7 Å². The number of carbonyl (C=O) groups is 1. The normalized spacial score (nSPS) is 14.6. The Morgan fingerprint density at radius 3 is 2.46 bits per heavy atom. The maximum Gasteiger partial charge on any atom is 0.416 e.